The molecule has 1 fully saturated rings. The molecule has 0 aliphatic carbocycles. The summed E-state index contributed by atoms with van der Waals surface area (Å²) in [6, 6.07) is 12.9. The third-order valence-corrected chi connectivity index (χ3v) is 5.62. The minimum atomic E-state index is -0.904. The highest BCUT2D eigenvalue weighted by molar-refractivity contribution is 6.46. The summed E-state index contributed by atoms with van der Waals surface area (Å²) in [5, 5.41) is 11.2. The summed E-state index contributed by atoms with van der Waals surface area (Å²) < 4.78 is 24.7. The Labute approximate surface area is 188 Å². The third-order valence-electron chi connectivity index (χ3n) is 5.62. The van der Waals surface area contributed by atoms with Crippen LogP contribution < -0.4 is 9.47 Å². The minimum Gasteiger partial charge on any atom is -0.507 e. The number of halogens is 1. The average molecular weight is 446 g/mol. The molecule has 0 bridgehead atoms. The van der Waals surface area contributed by atoms with E-state index in [1.54, 1.807) is 42.7 Å². The number of Topliss-reactive ketones (excluding diaryl/α,β-unsaturated/α-hetero) is 1. The van der Waals surface area contributed by atoms with Crippen molar-refractivity contribution in [2.45, 2.75) is 12.6 Å². The van der Waals surface area contributed by atoms with Gasteiger partial charge in [0, 0.05) is 24.5 Å². The van der Waals surface area contributed by atoms with Crippen molar-refractivity contribution in [3.05, 3.63) is 95.1 Å². The van der Waals surface area contributed by atoms with Crippen LogP contribution in [0, 0.1) is 5.82 Å². The number of likely N-dealkylation sites (tertiary alicyclic amines) is 1. The fourth-order valence-electron chi connectivity index (χ4n) is 4.07. The lowest BCUT2D eigenvalue weighted by Gasteiger charge is -2.25. The number of aliphatic hydroxyl groups is 1. The molecule has 0 saturated carbocycles. The van der Waals surface area contributed by atoms with Crippen LogP contribution in [0.4, 0.5) is 4.39 Å². The molecule has 1 amide bonds. The van der Waals surface area contributed by atoms with Crippen LogP contribution in [-0.4, -0.2) is 39.9 Å². The molecule has 33 heavy (non-hydrogen) atoms. The molecule has 1 saturated heterocycles. The van der Waals surface area contributed by atoms with Gasteiger partial charge in [-0.2, -0.15) is 0 Å². The second-order valence-electron chi connectivity index (χ2n) is 7.70. The molecule has 7 nitrogen and oxygen atoms in total. The van der Waals surface area contributed by atoms with E-state index in [-0.39, 0.29) is 17.9 Å². The fourth-order valence-corrected chi connectivity index (χ4v) is 4.07. The topological polar surface area (TPSA) is 89.0 Å². The van der Waals surface area contributed by atoms with E-state index in [1.165, 1.54) is 29.2 Å². The van der Waals surface area contributed by atoms with Crippen molar-refractivity contribution in [3.63, 3.8) is 0 Å². The van der Waals surface area contributed by atoms with Gasteiger partial charge in [-0.15, -0.1) is 0 Å². The lowest BCUT2D eigenvalue weighted by atomic mass is 9.95. The van der Waals surface area contributed by atoms with Gasteiger partial charge in [-0.05, 0) is 47.5 Å². The van der Waals surface area contributed by atoms with E-state index in [2.05, 4.69) is 4.98 Å². The van der Waals surface area contributed by atoms with Crippen molar-refractivity contribution in [3.8, 4) is 11.5 Å². The number of nitrogens with zero attached hydrogens (tertiary/aromatic N) is 2. The Morgan fingerprint density at radius 3 is 2.55 bits per heavy atom. The van der Waals surface area contributed by atoms with Crippen LogP contribution in [0.25, 0.3) is 5.76 Å². The number of aliphatic hydroxyl groups excluding tert-OH is 1. The van der Waals surface area contributed by atoms with Crippen LogP contribution in [0.5, 0.6) is 11.5 Å². The molecule has 2 aliphatic heterocycles. The van der Waals surface area contributed by atoms with E-state index in [0.29, 0.717) is 41.4 Å². The van der Waals surface area contributed by atoms with Crippen LogP contribution in [-0.2, 0) is 16.1 Å². The Bertz CT molecular complexity index is 1260. The number of benzene rings is 2. The maximum Gasteiger partial charge on any atom is 0.295 e. The minimum absolute atomic E-state index is 0.0767. The SMILES string of the molecule is O=C1C(=O)N(Cc2cccnc2)C(c2ccc(F)cc2)/C1=C(/O)c1ccc2c(c1)OCCO2. The second-order valence-corrected chi connectivity index (χ2v) is 7.70. The standard InChI is InChI=1S/C25H19FN2O5/c26-18-6-3-16(4-7-18)22-21(23(29)17-5-8-19-20(12-17)33-11-10-32-19)24(30)25(31)28(22)14-15-2-1-9-27-13-15/h1-9,12-13,22,29H,10-11,14H2/b23-21-. The van der Waals surface area contributed by atoms with Gasteiger partial charge in [0.2, 0.25) is 0 Å². The molecule has 1 unspecified atom stereocenters. The molecule has 2 aliphatic rings. The Morgan fingerprint density at radius 1 is 1.06 bits per heavy atom. The van der Waals surface area contributed by atoms with E-state index in [4.69, 9.17) is 9.47 Å². The molecular weight excluding hydrogens is 427 g/mol. The van der Waals surface area contributed by atoms with Crippen LogP contribution in [0.3, 0.4) is 0 Å². The molecule has 8 heteroatoms. The van der Waals surface area contributed by atoms with Gasteiger partial charge in [0.05, 0.1) is 11.6 Å². The molecule has 3 aromatic rings. The summed E-state index contributed by atoms with van der Waals surface area (Å²) in [6.45, 7) is 0.878. The lowest BCUT2D eigenvalue weighted by Crippen LogP contribution is -2.29. The maximum absolute atomic E-state index is 13.6. The van der Waals surface area contributed by atoms with Crippen molar-refractivity contribution < 1.29 is 28.6 Å². The first-order valence-corrected chi connectivity index (χ1v) is 10.4. The zero-order valence-corrected chi connectivity index (χ0v) is 17.4. The quantitative estimate of drug-likeness (QED) is 0.374. The van der Waals surface area contributed by atoms with Crippen LogP contribution in [0.15, 0.2) is 72.6 Å². The largest absolute Gasteiger partial charge is 0.507 e. The summed E-state index contributed by atoms with van der Waals surface area (Å²) in [5.74, 6) is -1.39. The van der Waals surface area contributed by atoms with Gasteiger partial charge < -0.3 is 19.5 Å². The second kappa shape index (κ2) is 8.38. The number of carbonyl (C=O) groups excluding carboxylic acids is 2. The van der Waals surface area contributed by atoms with E-state index in [0.717, 1.165) is 0 Å². The van der Waals surface area contributed by atoms with Gasteiger partial charge in [-0.1, -0.05) is 18.2 Å². The Kier molecular flexibility index (Phi) is 5.26. The molecule has 2 aromatic carbocycles. The number of amides is 1. The number of ketones is 1. The van der Waals surface area contributed by atoms with E-state index in [9.17, 15) is 19.1 Å². The van der Waals surface area contributed by atoms with Crippen LogP contribution >= 0.6 is 0 Å². The highest BCUT2D eigenvalue weighted by Crippen LogP contribution is 2.41. The number of carbonyl (C=O) groups is 2. The van der Waals surface area contributed by atoms with Gasteiger partial charge in [-0.25, -0.2) is 4.39 Å². The smallest absolute Gasteiger partial charge is 0.295 e. The molecule has 5 rings (SSSR count). The Balaban J connectivity index is 1.63. The highest BCUT2D eigenvalue weighted by atomic mass is 19.1. The number of fused-ring (bicyclic) bond motifs is 1. The van der Waals surface area contributed by atoms with Gasteiger partial charge in [0.25, 0.3) is 11.7 Å². The number of rotatable bonds is 4. The zero-order chi connectivity index (χ0) is 22.9. The summed E-state index contributed by atoms with van der Waals surface area (Å²) in [5.41, 5.74) is 1.45. The highest BCUT2D eigenvalue weighted by Gasteiger charge is 2.46. The first kappa shape index (κ1) is 20.7. The van der Waals surface area contributed by atoms with Gasteiger partial charge in [0.15, 0.2) is 11.5 Å². The fraction of sp³-hybridized carbons (Fsp3) is 0.160. The number of aromatic nitrogens is 1. The van der Waals surface area contributed by atoms with E-state index >= 15 is 0 Å². The third kappa shape index (κ3) is 3.80. The summed E-state index contributed by atoms with van der Waals surface area (Å²) in [4.78, 5) is 31.6. The molecule has 0 radical (unpaired) electrons. The van der Waals surface area contributed by atoms with Gasteiger partial charge in [0.1, 0.15) is 24.8 Å². The molecule has 1 aromatic heterocycles. The lowest BCUT2D eigenvalue weighted by molar-refractivity contribution is -0.140. The predicted octanol–water partition coefficient (Wildman–Crippen LogP) is 3.61. The predicted molar refractivity (Wildman–Crippen MR) is 116 cm³/mol. The van der Waals surface area contributed by atoms with Crippen LogP contribution in [0.1, 0.15) is 22.7 Å². The van der Waals surface area contributed by atoms with Gasteiger partial charge >= 0.3 is 0 Å². The molecule has 166 valence electrons. The van der Waals surface area contributed by atoms with Crippen LogP contribution in [0.2, 0.25) is 0 Å². The maximum atomic E-state index is 13.6. The van der Waals surface area contributed by atoms with Crippen molar-refractivity contribution in [2.75, 3.05) is 13.2 Å². The molecule has 3 heterocycles. The number of hydrogen-bond donors (Lipinski definition) is 1. The number of pyridine rings is 1. The molecule has 1 atom stereocenters. The van der Waals surface area contributed by atoms with Crippen molar-refractivity contribution >= 4 is 17.4 Å². The van der Waals surface area contributed by atoms with Crippen molar-refractivity contribution in [1.82, 2.24) is 9.88 Å². The number of ether oxygens (including phenoxy) is 2. The van der Waals surface area contributed by atoms with E-state index in [1.807, 2.05) is 0 Å². The summed E-state index contributed by atoms with van der Waals surface area (Å²) in [7, 11) is 0. The molecule has 0 spiro atoms. The van der Waals surface area contributed by atoms with E-state index < -0.39 is 23.5 Å². The number of hydrogen-bond acceptors (Lipinski definition) is 6. The molecule has 1 N–H and O–H groups in total. The summed E-state index contributed by atoms with van der Waals surface area (Å²) in [6.07, 6.45) is 3.21. The first-order chi connectivity index (χ1) is 16.0. The normalized spacial score (nSPS) is 19.1. The zero-order valence-electron chi connectivity index (χ0n) is 17.4. The average Bonchev–Trinajstić information content (AvgIpc) is 3.09. The van der Waals surface area contributed by atoms with Crippen molar-refractivity contribution in [1.29, 1.82) is 0 Å². The Morgan fingerprint density at radius 2 is 1.82 bits per heavy atom. The monoisotopic (exact) mass is 446 g/mol. The van der Waals surface area contributed by atoms with Crippen molar-refractivity contribution in [2.24, 2.45) is 0 Å². The van der Waals surface area contributed by atoms with Gasteiger partial charge in [-0.3, -0.25) is 14.6 Å². The summed E-state index contributed by atoms with van der Waals surface area (Å²) >= 11 is 0. The Hall–Kier alpha value is -4.20. The molecular formula is C25H19FN2O5. The first-order valence-electron chi connectivity index (χ1n) is 10.4.